The molecule has 0 heterocycles. The Morgan fingerprint density at radius 1 is 0.783 bits per heavy atom. The molecule has 0 aliphatic rings. The van der Waals surface area contributed by atoms with Crippen molar-refractivity contribution in [2.24, 2.45) is 0 Å². The minimum absolute atomic E-state index is 0.390. The summed E-state index contributed by atoms with van der Waals surface area (Å²) in [5.41, 5.74) is 3.85. The molecule has 23 heavy (non-hydrogen) atoms. The van der Waals surface area contributed by atoms with E-state index in [2.05, 4.69) is 0 Å². The fraction of sp³-hybridized carbons (Fsp3) is 0.0500. The molecule has 0 N–H and O–H groups in total. The van der Waals surface area contributed by atoms with Crippen molar-refractivity contribution in [1.82, 2.24) is 0 Å². The zero-order valence-corrected chi connectivity index (χ0v) is 13.4. The molecule has 0 radical (unpaired) electrons. The highest BCUT2D eigenvalue weighted by molar-refractivity contribution is 6.37. The molecule has 114 valence electrons. The van der Waals surface area contributed by atoms with E-state index in [9.17, 15) is 4.79 Å². The average molecular weight is 323 g/mol. The van der Waals surface area contributed by atoms with Crippen molar-refractivity contribution in [3.8, 4) is 22.3 Å². The molecule has 0 spiro atoms. The predicted molar refractivity (Wildman–Crippen MR) is 93.7 cm³/mol. The van der Waals surface area contributed by atoms with Crippen LogP contribution in [-0.2, 0) is 4.74 Å². The van der Waals surface area contributed by atoms with Gasteiger partial charge in [0.1, 0.15) is 0 Å². The number of esters is 1. The summed E-state index contributed by atoms with van der Waals surface area (Å²) < 4.78 is 4.95. The van der Waals surface area contributed by atoms with Gasteiger partial charge in [0.05, 0.1) is 17.7 Å². The summed E-state index contributed by atoms with van der Waals surface area (Å²) in [5, 5.41) is 0.407. The Labute approximate surface area is 140 Å². The number of methoxy groups -OCH3 is 1. The molecule has 3 aromatic rings. The first-order valence-electron chi connectivity index (χ1n) is 7.24. The maximum absolute atomic E-state index is 12.3. The number of hydrogen-bond acceptors (Lipinski definition) is 2. The van der Waals surface area contributed by atoms with Crippen molar-refractivity contribution in [3.63, 3.8) is 0 Å². The standard InChI is InChI=1S/C20H15ClO2/c1-23-20(22)18-16(14-8-4-2-5-9-14)12-13-17(19(18)21)15-10-6-3-7-11-15/h2-13H,1H3. The Morgan fingerprint density at radius 2 is 1.26 bits per heavy atom. The maximum atomic E-state index is 12.3. The maximum Gasteiger partial charge on any atom is 0.340 e. The summed E-state index contributed by atoms with van der Waals surface area (Å²) in [4.78, 5) is 12.3. The van der Waals surface area contributed by atoms with Crippen LogP contribution in [0.15, 0.2) is 72.8 Å². The van der Waals surface area contributed by atoms with Gasteiger partial charge in [-0.1, -0.05) is 84.4 Å². The number of hydrogen-bond donors (Lipinski definition) is 0. The van der Waals surface area contributed by atoms with Gasteiger partial charge >= 0.3 is 5.97 Å². The second kappa shape index (κ2) is 6.67. The van der Waals surface area contributed by atoms with Crippen LogP contribution in [0.5, 0.6) is 0 Å². The quantitative estimate of drug-likeness (QED) is 0.598. The first-order valence-corrected chi connectivity index (χ1v) is 7.62. The van der Waals surface area contributed by atoms with Crippen molar-refractivity contribution in [1.29, 1.82) is 0 Å². The normalized spacial score (nSPS) is 10.3. The van der Waals surface area contributed by atoms with E-state index in [4.69, 9.17) is 16.3 Å². The van der Waals surface area contributed by atoms with E-state index in [0.29, 0.717) is 10.6 Å². The topological polar surface area (TPSA) is 26.3 Å². The van der Waals surface area contributed by atoms with Gasteiger partial charge in [0.2, 0.25) is 0 Å². The van der Waals surface area contributed by atoms with Crippen molar-refractivity contribution in [2.75, 3.05) is 7.11 Å². The fourth-order valence-corrected chi connectivity index (χ4v) is 2.93. The Kier molecular flexibility index (Phi) is 4.45. The molecular formula is C20H15ClO2. The molecule has 0 aliphatic carbocycles. The lowest BCUT2D eigenvalue weighted by Gasteiger charge is -2.14. The minimum atomic E-state index is -0.438. The summed E-state index contributed by atoms with van der Waals surface area (Å²) in [6, 6.07) is 23.3. The van der Waals surface area contributed by atoms with Gasteiger partial charge < -0.3 is 4.74 Å². The van der Waals surface area contributed by atoms with Gasteiger partial charge in [-0.15, -0.1) is 0 Å². The Balaban J connectivity index is 2.24. The molecule has 3 heteroatoms. The second-order valence-electron chi connectivity index (χ2n) is 5.07. The summed E-state index contributed by atoms with van der Waals surface area (Å²) in [7, 11) is 1.36. The lowest BCUT2D eigenvalue weighted by atomic mass is 9.94. The van der Waals surface area contributed by atoms with Crippen LogP contribution in [0.4, 0.5) is 0 Å². The summed E-state index contributed by atoms with van der Waals surface area (Å²) in [5.74, 6) is -0.438. The van der Waals surface area contributed by atoms with E-state index >= 15 is 0 Å². The third kappa shape index (κ3) is 2.99. The Morgan fingerprint density at radius 3 is 1.78 bits per heavy atom. The molecule has 0 amide bonds. The zero-order valence-electron chi connectivity index (χ0n) is 12.6. The monoisotopic (exact) mass is 322 g/mol. The molecule has 0 unspecified atom stereocenters. The molecule has 2 nitrogen and oxygen atoms in total. The first-order chi connectivity index (χ1) is 11.2. The number of halogens is 1. The summed E-state index contributed by atoms with van der Waals surface area (Å²) in [6.45, 7) is 0. The van der Waals surface area contributed by atoms with Crippen LogP contribution in [0.3, 0.4) is 0 Å². The molecule has 0 bridgehead atoms. The predicted octanol–water partition coefficient (Wildman–Crippen LogP) is 5.46. The molecule has 0 fully saturated rings. The highest BCUT2D eigenvalue weighted by atomic mass is 35.5. The van der Waals surface area contributed by atoms with E-state index in [0.717, 1.165) is 22.3 Å². The number of rotatable bonds is 3. The van der Waals surface area contributed by atoms with E-state index in [1.807, 2.05) is 72.8 Å². The minimum Gasteiger partial charge on any atom is -0.465 e. The van der Waals surface area contributed by atoms with Gasteiger partial charge in [0.25, 0.3) is 0 Å². The van der Waals surface area contributed by atoms with Crippen molar-refractivity contribution in [3.05, 3.63) is 83.4 Å². The van der Waals surface area contributed by atoms with Crippen LogP contribution in [0, 0.1) is 0 Å². The Bertz CT molecular complexity index is 827. The molecule has 3 rings (SSSR count). The molecule has 0 aromatic heterocycles. The van der Waals surface area contributed by atoms with Gasteiger partial charge in [-0.05, 0) is 16.7 Å². The van der Waals surface area contributed by atoms with Crippen molar-refractivity contribution in [2.45, 2.75) is 0 Å². The number of benzene rings is 3. The SMILES string of the molecule is COC(=O)c1c(-c2ccccc2)ccc(-c2ccccc2)c1Cl. The zero-order chi connectivity index (χ0) is 16.2. The first kappa shape index (κ1) is 15.3. The van der Waals surface area contributed by atoms with Gasteiger partial charge in [-0.3, -0.25) is 0 Å². The van der Waals surface area contributed by atoms with E-state index in [1.165, 1.54) is 7.11 Å². The van der Waals surface area contributed by atoms with Crippen molar-refractivity contribution < 1.29 is 9.53 Å². The van der Waals surface area contributed by atoms with Gasteiger partial charge in [-0.25, -0.2) is 4.79 Å². The molecule has 0 saturated heterocycles. The third-order valence-corrected chi connectivity index (χ3v) is 4.09. The highest BCUT2D eigenvalue weighted by Gasteiger charge is 2.20. The molecule has 0 aliphatic heterocycles. The smallest absolute Gasteiger partial charge is 0.340 e. The van der Waals surface area contributed by atoms with Crippen molar-refractivity contribution >= 4 is 17.6 Å². The van der Waals surface area contributed by atoms with Gasteiger partial charge in [0.15, 0.2) is 0 Å². The van der Waals surface area contributed by atoms with E-state index < -0.39 is 5.97 Å². The van der Waals surface area contributed by atoms with E-state index in [-0.39, 0.29) is 0 Å². The van der Waals surface area contributed by atoms with Crippen LogP contribution < -0.4 is 0 Å². The Hall–Kier alpha value is -2.58. The van der Waals surface area contributed by atoms with Gasteiger partial charge in [-0.2, -0.15) is 0 Å². The lowest BCUT2D eigenvalue weighted by Crippen LogP contribution is -2.05. The number of carbonyl (C=O) groups excluding carboxylic acids is 1. The van der Waals surface area contributed by atoms with Crippen LogP contribution in [0.1, 0.15) is 10.4 Å². The lowest BCUT2D eigenvalue weighted by molar-refractivity contribution is 0.0602. The van der Waals surface area contributed by atoms with Crippen LogP contribution in [-0.4, -0.2) is 13.1 Å². The fourth-order valence-electron chi connectivity index (χ4n) is 2.58. The summed E-state index contributed by atoms with van der Waals surface area (Å²) in [6.07, 6.45) is 0. The molecular weight excluding hydrogens is 308 g/mol. The molecule has 0 atom stereocenters. The number of carbonyl (C=O) groups is 1. The van der Waals surface area contributed by atoms with E-state index in [1.54, 1.807) is 0 Å². The van der Waals surface area contributed by atoms with Crippen LogP contribution in [0.2, 0.25) is 5.02 Å². The third-order valence-electron chi connectivity index (χ3n) is 3.70. The van der Waals surface area contributed by atoms with Crippen LogP contribution >= 0.6 is 11.6 Å². The van der Waals surface area contributed by atoms with Gasteiger partial charge in [0, 0.05) is 5.56 Å². The molecule has 3 aromatic carbocycles. The average Bonchev–Trinajstić information content (AvgIpc) is 2.62. The largest absolute Gasteiger partial charge is 0.465 e. The number of ether oxygens (including phenoxy) is 1. The second-order valence-corrected chi connectivity index (χ2v) is 5.45. The molecule has 0 saturated carbocycles. The van der Waals surface area contributed by atoms with Crippen LogP contribution in [0.25, 0.3) is 22.3 Å². The summed E-state index contributed by atoms with van der Waals surface area (Å²) >= 11 is 6.57. The highest BCUT2D eigenvalue weighted by Crippen LogP contribution is 2.37.